The maximum atomic E-state index is 12.4. The average molecular weight is 399 g/mol. The smallest absolute Gasteiger partial charge is 0.259 e. The summed E-state index contributed by atoms with van der Waals surface area (Å²) in [5.74, 6) is 0.331. The van der Waals surface area contributed by atoms with Crippen molar-refractivity contribution in [1.29, 1.82) is 0 Å². The summed E-state index contributed by atoms with van der Waals surface area (Å²) in [5.41, 5.74) is 2.29. The van der Waals surface area contributed by atoms with Crippen LogP contribution in [0.1, 0.15) is 15.9 Å². The summed E-state index contributed by atoms with van der Waals surface area (Å²) >= 11 is 6.92. The Bertz CT molecular complexity index is 636. The minimum Gasteiger partial charge on any atom is -0.372 e. The number of hydrogen-bond donors (Lipinski definition) is 2. The second-order valence-corrected chi connectivity index (χ2v) is 5.92. The first kappa shape index (κ1) is 15.0. The summed E-state index contributed by atoms with van der Waals surface area (Å²) in [6.07, 6.45) is 1.64. The summed E-state index contributed by atoms with van der Waals surface area (Å²) in [5, 5.41) is 5.79. The maximum Gasteiger partial charge on any atom is 0.259 e. The highest BCUT2D eigenvalue weighted by Crippen LogP contribution is 2.32. The summed E-state index contributed by atoms with van der Waals surface area (Å²) in [7, 11) is 1.73. The lowest BCUT2D eigenvalue weighted by molar-refractivity contribution is 0.102. The summed E-state index contributed by atoms with van der Waals surface area (Å²) in [6, 6.07) is 7.35. The second kappa shape index (κ2) is 6.37. The van der Waals surface area contributed by atoms with Crippen LogP contribution in [-0.2, 0) is 0 Å². The summed E-state index contributed by atoms with van der Waals surface area (Å²) in [6.45, 7) is 1.99. The zero-order valence-electron chi connectivity index (χ0n) is 11.0. The number of carbonyl (C=O) groups is 1. The number of aromatic nitrogens is 1. The number of anilines is 2. The number of rotatable bonds is 3. The van der Waals surface area contributed by atoms with Crippen LogP contribution < -0.4 is 10.6 Å². The van der Waals surface area contributed by atoms with E-state index in [0.29, 0.717) is 17.1 Å². The van der Waals surface area contributed by atoms with Gasteiger partial charge in [-0.25, -0.2) is 4.98 Å². The Morgan fingerprint density at radius 3 is 2.50 bits per heavy atom. The number of hydrogen-bond acceptors (Lipinski definition) is 3. The number of amides is 1. The molecule has 1 amide bonds. The Balaban J connectivity index is 2.33. The molecule has 2 rings (SSSR count). The van der Waals surface area contributed by atoms with Crippen molar-refractivity contribution in [2.24, 2.45) is 0 Å². The number of nitrogens with one attached hydrogen (secondary N) is 2. The van der Waals surface area contributed by atoms with Crippen LogP contribution in [0.2, 0.25) is 0 Å². The molecule has 4 nitrogen and oxygen atoms in total. The van der Waals surface area contributed by atoms with Crippen molar-refractivity contribution in [3.05, 3.63) is 50.5 Å². The third-order valence-electron chi connectivity index (χ3n) is 2.71. The minimum absolute atomic E-state index is 0.215. The molecule has 104 valence electrons. The van der Waals surface area contributed by atoms with E-state index in [2.05, 4.69) is 47.5 Å². The van der Waals surface area contributed by atoms with Crippen LogP contribution in [0.25, 0.3) is 0 Å². The van der Waals surface area contributed by atoms with Gasteiger partial charge in [-0.2, -0.15) is 0 Å². The van der Waals surface area contributed by atoms with E-state index in [1.807, 2.05) is 19.1 Å². The molecule has 20 heavy (non-hydrogen) atoms. The van der Waals surface area contributed by atoms with E-state index < -0.39 is 0 Å². The molecular formula is C14H13Br2N3O. The first-order chi connectivity index (χ1) is 9.52. The van der Waals surface area contributed by atoms with Gasteiger partial charge in [0, 0.05) is 22.2 Å². The van der Waals surface area contributed by atoms with Gasteiger partial charge in [-0.05, 0) is 68.6 Å². The molecule has 0 aliphatic rings. The lowest BCUT2D eigenvalue weighted by Crippen LogP contribution is -2.15. The van der Waals surface area contributed by atoms with E-state index in [1.165, 1.54) is 0 Å². The monoisotopic (exact) mass is 397 g/mol. The molecule has 0 saturated carbocycles. The van der Waals surface area contributed by atoms with Crippen molar-refractivity contribution in [3.63, 3.8) is 0 Å². The van der Waals surface area contributed by atoms with Gasteiger partial charge in [0.25, 0.3) is 5.91 Å². The lowest BCUT2D eigenvalue weighted by Gasteiger charge is -2.12. The number of pyridine rings is 1. The van der Waals surface area contributed by atoms with Crippen LogP contribution in [0.15, 0.2) is 39.4 Å². The SMILES string of the molecule is CNc1ncccc1C(=O)Nc1c(Br)cc(C)cc1Br. The van der Waals surface area contributed by atoms with Gasteiger partial charge in [0.1, 0.15) is 5.82 Å². The molecule has 0 aliphatic carbocycles. The van der Waals surface area contributed by atoms with Gasteiger partial charge in [-0.3, -0.25) is 4.79 Å². The van der Waals surface area contributed by atoms with Crippen LogP contribution in [0.4, 0.5) is 11.5 Å². The maximum absolute atomic E-state index is 12.4. The molecule has 2 N–H and O–H groups in total. The quantitative estimate of drug-likeness (QED) is 0.814. The fraction of sp³-hybridized carbons (Fsp3) is 0.143. The molecular weight excluding hydrogens is 386 g/mol. The molecule has 1 heterocycles. The van der Waals surface area contributed by atoms with Crippen LogP contribution in [0, 0.1) is 6.92 Å². The van der Waals surface area contributed by atoms with Crippen molar-refractivity contribution in [3.8, 4) is 0 Å². The fourth-order valence-electron chi connectivity index (χ4n) is 1.79. The molecule has 0 fully saturated rings. The van der Waals surface area contributed by atoms with E-state index in [-0.39, 0.29) is 5.91 Å². The van der Waals surface area contributed by atoms with Crippen LogP contribution in [0.5, 0.6) is 0 Å². The standard InChI is InChI=1S/C14H13Br2N3O/c1-8-6-10(15)12(11(16)7-8)19-14(20)9-4-3-5-18-13(9)17-2/h3-7H,1-2H3,(H,17,18)(H,19,20). The van der Waals surface area contributed by atoms with Gasteiger partial charge in [0.2, 0.25) is 0 Å². The highest BCUT2D eigenvalue weighted by molar-refractivity contribution is 9.11. The zero-order chi connectivity index (χ0) is 14.7. The van der Waals surface area contributed by atoms with Gasteiger partial charge in [-0.15, -0.1) is 0 Å². The first-order valence-corrected chi connectivity index (χ1v) is 7.51. The summed E-state index contributed by atoms with van der Waals surface area (Å²) in [4.78, 5) is 16.5. The second-order valence-electron chi connectivity index (χ2n) is 4.21. The van der Waals surface area contributed by atoms with E-state index >= 15 is 0 Å². The predicted molar refractivity (Wildman–Crippen MR) is 88.3 cm³/mol. The third kappa shape index (κ3) is 3.19. The molecule has 0 unspecified atom stereocenters. The third-order valence-corrected chi connectivity index (χ3v) is 3.96. The highest BCUT2D eigenvalue weighted by Gasteiger charge is 2.15. The Hall–Kier alpha value is -1.40. The molecule has 0 radical (unpaired) electrons. The van der Waals surface area contributed by atoms with Crippen LogP contribution >= 0.6 is 31.9 Å². The van der Waals surface area contributed by atoms with Gasteiger partial charge in [0.15, 0.2) is 0 Å². The molecule has 0 saturated heterocycles. The van der Waals surface area contributed by atoms with Gasteiger partial charge >= 0.3 is 0 Å². The molecule has 6 heteroatoms. The van der Waals surface area contributed by atoms with Crippen molar-refractivity contribution < 1.29 is 4.79 Å². The van der Waals surface area contributed by atoms with E-state index in [9.17, 15) is 4.79 Å². The molecule has 1 aromatic heterocycles. The van der Waals surface area contributed by atoms with Crippen LogP contribution in [0.3, 0.4) is 0 Å². The molecule has 0 aliphatic heterocycles. The fourth-order valence-corrected chi connectivity index (χ4v) is 3.40. The first-order valence-electron chi connectivity index (χ1n) is 5.92. The molecule has 0 bridgehead atoms. The van der Waals surface area contributed by atoms with Crippen molar-refractivity contribution in [1.82, 2.24) is 4.98 Å². The van der Waals surface area contributed by atoms with Crippen LogP contribution in [-0.4, -0.2) is 17.9 Å². The topological polar surface area (TPSA) is 54.0 Å². The number of benzene rings is 1. The lowest BCUT2D eigenvalue weighted by atomic mass is 10.2. The Labute approximate surface area is 134 Å². The average Bonchev–Trinajstić information content (AvgIpc) is 2.42. The molecule has 0 atom stereocenters. The van der Waals surface area contributed by atoms with Crippen molar-refractivity contribution in [2.75, 3.05) is 17.7 Å². The Morgan fingerprint density at radius 1 is 1.25 bits per heavy atom. The van der Waals surface area contributed by atoms with E-state index in [4.69, 9.17) is 0 Å². The highest BCUT2D eigenvalue weighted by atomic mass is 79.9. The van der Waals surface area contributed by atoms with Gasteiger partial charge < -0.3 is 10.6 Å². The van der Waals surface area contributed by atoms with Crippen molar-refractivity contribution in [2.45, 2.75) is 6.92 Å². The number of nitrogens with zero attached hydrogens (tertiary/aromatic N) is 1. The Kier molecular flexibility index (Phi) is 4.77. The normalized spacial score (nSPS) is 10.2. The van der Waals surface area contributed by atoms with Gasteiger partial charge in [-0.1, -0.05) is 0 Å². The number of aryl methyl sites for hydroxylation is 1. The number of halogens is 2. The Morgan fingerprint density at radius 2 is 1.90 bits per heavy atom. The summed E-state index contributed by atoms with van der Waals surface area (Å²) < 4.78 is 1.65. The molecule has 0 spiro atoms. The molecule has 2 aromatic rings. The largest absolute Gasteiger partial charge is 0.372 e. The van der Waals surface area contributed by atoms with E-state index in [0.717, 1.165) is 14.5 Å². The van der Waals surface area contributed by atoms with Gasteiger partial charge in [0.05, 0.1) is 11.3 Å². The molecule has 1 aromatic carbocycles. The van der Waals surface area contributed by atoms with E-state index in [1.54, 1.807) is 25.4 Å². The predicted octanol–water partition coefficient (Wildman–Crippen LogP) is 4.21. The zero-order valence-corrected chi connectivity index (χ0v) is 14.2. The number of carbonyl (C=O) groups excluding carboxylic acids is 1. The van der Waals surface area contributed by atoms with Crippen molar-refractivity contribution >= 4 is 49.3 Å². The minimum atomic E-state index is -0.215.